The Kier molecular flexibility index (Phi) is 5.88. The fraction of sp³-hybridized carbons (Fsp3) is 0.261. The third-order valence-electron chi connectivity index (χ3n) is 5.13. The lowest BCUT2D eigenvalue weighted by Crippen LogP contribution is -2.39. The molecule has 1 N–H and O–H groups in total. The first-order valence-electron chi connectivity index (χ1n) is 9.92. The van der Waals surface area contributed by atoms with Gasteiger partial charge in [0.25, 0.3) is 5.91 Å². The van der Waals surface area contributed by atoms with Crippen molar-refractivity contribution in [3.8, 4) is 0 Å². The Morgan fingerprint density at radius 3 is 2.80 bits per heavy atom. The van der Waals surface area contributed by atoms with Crippen LogP contribution >= 0.6 is 0 Å². The Balaban J connectivity index is 1.38. The zero-order valence-corrected chi connectivity index (χ0v) is 16.4. The molecule has 1 aliphatic heterocycles. The van der Waals surface area contributed by atoms with E-state index in [1.807, 2.05) is 12.1 Å². The maximum Gasteiger partial charge on any atom is 0.251 e. The standard InChI is InChI=1S/C23H22FN3O3/c24-18-9-4-6-16(12-18)13-19-14-26-23(30-19)20-10-5-11-27(20)21(28)15-25-22(29)17-7-2-1-3-8-17/h1-4,6-9,12,14,20H,5,10-11,13,15H2,(H,25,29). The van der Waals surface area contributed by atoms with Crippen molar-refractivity contribution < 1.29 is 18.4 Å². The fourth-order valence-corrected chi connectivity index (χ4v) is 3.68. The summed E-state index contributed by atoms with van der Waals surface area (Å²) < 4.78 is 19.3. The van der Waals surface area contributed by atoms with Gasteiger partial charge in [0.1, 0.15) is 17.6 Å². The number of rotatable bonds is 6. The predicted octanol–water partition coefficient (Wildman–Crippen LogP) is 3.50. The lowest BCUT2D eigenvalue weighted by molar-refractivity contribution is -0.131. The minimum atomic E-state index is -0.294. The van der Waals surface area contributed by atoms with Gasteiger partial charge in [-0.05, 0) is 42.7 Å². The Hall–Kier alpha value is -3.48. The summed E-state index contributed by atoms with van der Waals surface area (Å²) in [6, 6.07) is 14.9. The summed E-state index contributed by atoms with van der Waals surface area (Å²) in [5.74, 6) is 0.339. The van der Waals surface area contributed by atoms with Crippen molar-refractivity contribution in [1.82, 2.24) is 15.2 Å². The first-order chi connectivity index (χ1) is 14.6. The molecule has 0 radical (unpaired) electrons. The second kappa shape index (κ2) is 8.90. The van der Waals surface area contributed by atoms with E-state index in [1.54, 1.807) is 41.4 Å². The van der Waals surface area contributed by atoms with Crippen LogP contribution in [0.3, 0.4) is 0 Å². The maximum atomic E-state index is 13.4. The summed E-state index contributed by atoms with van der Waals surface area (Å²) >= 11 is 0. The van der Waals surface area contributed by atoms with Gasteiger partial charge < -0.3 is 14.6 Å². The van der Waals surface area contributed by atoms with Crippen molar-refractivity contribution in [2.24, 2.45) is 0 Å². The Morgan fingerprint density at radius 1 is 1.17 bits per heavy atom. The van der Waals surface area contributed by atoms with Crippen LogP contribution in [0.15, 0.2) is 65.2 Å². The molecule has 0 aliphatic carbocycles. The number of carbonyl (C=O) groups excluding carboxylic acids is 2. The second-order valence-corrected chi connectivity index (χ2v) is 7.27. The number of hydrogen-bond donors (Lipinski definition) is 1. The Bertz CT molecular complexity index is 1030. The van der Waals surface area contributed by atoms with Crippen LogP contribution in [0.5, 0.6) is 0 Å². The average Bonchev–Trinajstić information content (AvgIpc) is 3.42. The molecule has 0 saturated carbocycles. The highest BCUT2D eigenvalue weighted by molar-refractivity contribution is 5.96. The van der Waals surface area contributed by atoms with Gasteiger partial charge in [-0.3, -0.25) is 9.59 Å². The number of amides is 2. The topological polar surface area (TPSA) is 75.4 Å². The fourth-order valence-electron chi connectivity index (χ4n) is 3.68. The van der Waals surface area contributed by atoms with E-state index < -0.39 is 0 Å². The molecule has 0 spiro atoms. The monoisotopic (exact) mass is 407 g/mol. The third-order valence-corrected chi connectivity index (χ3v) is 5.13. The second-order valence-electron chi connectivity index (χ2n) is 7.27. The molecule has 1 aliphatic rings. The summed E-state index contributed by atoms with van der Waals surface area (Å²) in [6.45, 7) is 0.507. The molecule has 30 heavy (non-hydrogen) atoms. The van der Waals surface area contributed by atoms with Gasteiger partial charge in [-0.1, -0.05) is 30.3 Å². The predicted molar refractivity (Wildman–Crippen MR) is 108 cm³/mol. The van der Waals surface area contributed by atoms with Gasteiger partial charge in [0.05, 0.1) is 12.7 Å². The SMILES string of the molecule is O=C(NCC(=O)N1CCCC1c1ncc(Cc2cccc(F)c2)o1)c1ccccc1. The number of nitrogens with one attached hydrogen (secondary N) is 1. The number of nitrogens with zero attached hydrogens (tertiary/aromatic N) is 2. The molecular formula is C23H22FN3O3. The number of hydrogen-bond acceptors (Lipinski definition) is 4. The normalized spacial score (nSPS) is 15.9. The van der Waals surface area contributed by atoms with E-state index in [9.17, 15) is 14.0 Å². The molecule has 1 saturated heterocycles. The highest BCUT2D eigenvalue weighted by Crippen LogP contribution is 2.31. The molecule has 1 fully saturated rings. The van der Waals surface area contributed by atoms with Crippen LogP contribution in [0.1, 0.15) is 46.5 Å². The van der Waals surface area contributed by atoms with Crippen LogP contribution in [-0.4, -0.2) is 34.8 Å². The van der Waals surface area contributed by atoms with Crippen LogP contribution in [0.4, 0.5) is 4.39 Å². The number of carbonyl (C=O) groups is 2. The Morgan fingerprint density at radius 2 is 2.00 bits per heavy atom. The molecule has 7 heteroatoms. The van der Waals surface area contributed by atoms with E-state index in [0.717, 1.165) is 18.4 Å². The smallest absolute Gasteiger partial charge is 0.251 e. The summed E-state index contributed by atoms with van der Waals surface area (Å²) in [4.78, 5) is 30.9. The van der Waals surface area contributed by atoms with Gasteiger partial charge in [-0.15, -0.1) is 0 Å². The minimum Gasteiger partial charge on any atom is -0.443 e. The van der Waals surface area contributed by atoms with Crippen molar-refractivity contribution >= 4 is 11.8 Å². The van der Waals surface area contributed by atoms with Crippen molar-refractivity contribution in [3.05, 3.63) is 89.4 Å². The van der Waals surface area contributed by atoms with E-state index in [4.69, 9.17) is 4.42 Å². The minimum absolute atomic E-state index is 0.0823. The van der Waals surface area contributed by atoms with Crippen LogP contribution in [0.25, 0.3) is 0 Å². The van der Waals surface area contributed by atoms with E-state index in [1.165, 1.54) is 12.1 Å². The number of oxazole rings is 1. The van der Waals surface area contributed by atoms with Gasteiger partial charge in [0, 0.05) is 18.5 Å². The molecule has 4 rings (SSSR count). The third kappa shape index (κ3) is 4.56. The highest BCUT2D eigenvalue weighted by Gasteiger charge is 2.33. The first-order valence-corrected chi connectivity index (χ1v) is 9.92. The zero-order chi connectivity index (χ0) is 20.9. The largest absolute Gasteiger partial charge is 0.443 e. The quantitative estimate of drug-likeness (QED) is 0.679. The molecule has 1 aromatic heterocycles. The summed E-state index contributed by atoms with van der Waals surface area (Å²) in [5, 5.41) is 2.67. The van der Waals surface area contributed by atoms with Gasteiger partial charge in [-0.25, -0.2) is 9.37 Å². The summed E-state index contributed by atoms with van der Waals surface area (Å²) in [7, 11) is 0. The van der Waals surface area contributed by atoms with Crippen LogP contribution < -0.4 is 5.32 Å². The lowest BCUT2D eigenvalue weighted by atomic mass is 10.1. The molecule has 0 bridgehead atoms. The average molecular weight is 407 g/mol. The molecule has 1 unspecified atom stereocenters. The van der Waals surface area contributed by atoms with Gasteiger partial charge in [-0.2, -0.15) is 0 Å². The van der Waals surface area contributed by atoms with Gasteiger partial charge in [0.15, 0.2) is 0 Å². The molecular weight excluding hydrogens is 385 g/mol. The number of likely N-dealkylation sites (tertiary alicyclic amines) is 1. The van der Waals surface area contributed by atoms with Crippen molar-refractivity contribution in [1.29, 1.82) is 0 Å². The van der Waals surface area contributed by atoms with Gasteiger partial charge >= 0.3 is 0 Å². The molecule has 1 atom stereocenters. The van der Waals surface area contributed by atoms with Gasteiger partial charge in [0.2, 0.25) is 11.8 Å². The number of halogens is 1. The number of aromatic nitrogens is 1. The molecule has 2 heterocycles. The molecule has 2 aromatic carbocycles. The van der Waals surface area contributed by atoms with E-state index in [2.05, 4.69) is 10.3 Å². The molecule has 3 aromatic rings. The lowest BCUT2D eigenvalue weighted by Gasteiger charge is -2.22. The maximum absolute atomic E-state index is 13.4. The van der Waals surface area contributed by atoms with Crippen molar-refractivity contribution in [3.63, 3.8) is 0 Å². The van der Waals surface area contributed by atoms with Crippen LogP contribution in [-0.2, 0) is 11.2 Å². The molecule has 154 valence electrons. The number of benzene rings is 2. The van der Waals surface area contributed by atoms with E-state index in [0.29, 0.717) is 30.2 Å². The summed E-state index contributed by atoms with van der Waals surface area (Å²) in [5.41, 5.74) is 1.30. The molecule has 6 nitrogen and oxygen atoms in total. The van der Waals surface area contributed by atoms with Crippen molar-refractivity contribution in [2.45, 2.75) is 25.3 Å². The van der Waals surface area contributed by atoms with Crippen LogP contribution in [0.2, 0.25) is 0 Å². The highest BCUT2D eigenvalue weighted by atomic mass is 19.1. The van der Waals surface area contributed by atoms with Crippen LogP contribution in [0, 0.1) is 5.82 Å². The van der Waals surface area contributed by atoms with Crippen molar-refractivity contribution in [2.75, 3.05) is 13.1 Å². The molecule has 2 amide bonds. The zero-order valence-electron chi connectivity index (χ0n) is 16.4. The first kappa shape index (κ1) is 19.8. The van der Waals surface area contributed by atoms with E-state index >= 15 is 0 Å². The van der Waals surface area contributed by atoms with E-state index in [-0.39, 0.29) is 30.2 Å². The Labute approximate surface area is 173 Å². The summed E-state index contributed by atoms with van der Waals surface area (Å²) in [6.07, 6.45) is 3.64.